The Kier molecular flexibility index (Phi) is 2.68. The molecule has 0 aliphatic heterocycles. The van der Waals surface area contributed by atoms with E-state index in [0.717, 1.165) is 18.4 Å². The predicted octanol–water partition coefficient (Wildman–Crippen LogP) is 2.22. The number of hydrogen-bond donors (Lipinski definition) is 1. The second kappa shape index (κ2) is 3.96. The maximum Gasteiger partial charge on any atom is 0.165 e. The zero-order chi connectivity index (χ0) is 9.97. The highest BCUT2D eigenvalue weighted by Gasteiger charge is 2.20. The maximum atomic E-state index is 13.4. The standard InChI is InChI=1S/C11H14FNO/c12-10-6-8(7-13)4-5-11(10)14-9-2-1-3-9/h4-6,9H,1-3,7,13H2. The summed E-state index contributed by atoms with van der Waals surface area (Å²) in [4.78, 5) is 0. The molecule has 1 aromatic rings. The molecule has 0 atom stereocenters. The molecule has 1 aliphatic rings. The van der Waals surface area contributed by atoms with E-state index in [9.17, 15) is 4.39 Å². The first-order valence-corrected chi connectivity index (χ1v) is 4.95. The summed E-state index contributed by atoms with van der Waals surface area (Å²) in [5.41, 5.74) is 6.19. The minimum absolute atomic E-state index is 0.216. The molecule has 1 aliphatic carbocycles. The number of hydrogen-bond acceptors (Lipinski definition) is 2. The molecule has 2 rings (SSSR count). The Labute approximate surface area is 82.9 Å². The third-order valence-corrected chi connectivity index (χ3v) is 2.58. The van der Waals surface area contributed by atoms with Crippen LogP contribution in [0, 0.1) is 5.82 Å². The van der Waals surface area contributed by atoms with Crippen LogP contribution in [0.15, 0.2) is 18.2 Å². The van der Waals surface area contributed by atoms with Crippen molar-refractivity contribution in [1.82, 2.24) is 0 Å². The van der Waals surface area contributed by atoms with Crippen LogP contribution >= 0.6 is 0 Å². The number of rotatable bonds is 3. The highest BCUT2D eigenvalue weighted by Crippen LogP contribution is 2.27. The fraction of sp³-hybridized carbons (Fsp3) is 0.455. The van der Waals surface area contributed by atoms with Crippen LogP contribution in [0.4, 0.5) is 4.39 Å². The summed E-state index contributed by atoms with van der Waals surface area (Å²) in [6.45, 7) is 0.362. The number of nitrogens with two attached hydrogens (primary N) is 1. The molecule has 1 aromatic carbocycles. The molecule has 14 heavy (non-hydrogen) atoms. The van der Waals surface area contributed by atoms with Gasteiger partial charge in [-0.15, -0.1) is 0 Å². The van der Waals surface area contributed by atoms with Gasteiger partial charge in [0.1, 0.15) is 0 Å². The van der Waals surface area contributed by atoms with E-state index in [0.29, 0.717) is 12.3 Å². The summed E-state index contributed by atoms with van der Waals surface area (Å²) >= 11 is 0. The molecule has 1 fully saturated rings. The molecule has 0 aromatic heterocycles. The molecular formula is C11H14FNO. The van der Waals surface area contributed by atoms with E-state index in [1.54, 1.807) is 12.1 Å². The van der Waals surface area contributed by atoms with E-state index in [4.69, 9.17) is 10.5 Å². The second-order valence-corrected chi connectivity index (χ2v) is 3.64. The maximum absolute atomic E-state index is 13.4. The summed E-state index contributed by atoms with van der Waals surface area (Å²) < 4.78 is 18.8. The molecule has 3 heteroatoms. The first-order chi connectivity index (χ1) is 6.79. The lowest BCUT2D eigenvalue weighted by Gasteiger charge is -2.26. The summed E-state index contributed by atoms with van der Waals surface area (Å²) in [5.74, 6) is 0.0479. The van der Waals surface area contributed by atoms with Crippen LogP contribution in [-0.4, -0.2) is 6.10 Å². The van der Waals surface area contributed by atoms with Crippen molar-refractivity contribution in [2.45, 2.75) is 31.9 Å². The van der Waals surface area contributed by atoms with Gasteiger partial charge in [0.15, 0.2) is 11.6 Å². The SMILES string of the molecule is NCc1ccc(OC2CCC2)c(F)c1. The average Bonchev–Trinajstić information content (AvgIpc) is 2.13. The van der Waals surface area contributed by atoms with Gasteiger partial charge in [-0.3, -0.25) is 0 Å². The van der Waals surface area contributed by atoms with Gasteiger partial charge in [-0.05, 0) is 37.0 Å². The molecule has 1 saturated carbocycles. The molecule has 0 unspecified atom stereocenters. The van der Waals surface area contributed by atoms with Gasteiger partial charge in [0.05, 0.1) is 6.10 Å². The Bertz CT molecular complexity index is 323. The molecule has 0 bridgehead atoms. The van der Waals surface area contributed by atoms with E-state index in [1.807, 2.05) is 0 Å². The average molecular weight is 195 g/mol. The highest BCUT2D eigenvalue weighted by atomic mass is 19.1. The predicted molar refractivity (Wildman–Crippen MR) is 52.6 cm³/mol. The quantitative estimate of drug-likeness (QED) is 0.802. The molecule has 0 spiro atoms. The minimum Gasteiger partial charge on any atom is -0.487 e. The van der Waals surface area contributed by atoms with Crippen molar-refractivity contribution < 1.29 is 9.13 Å². The third kappa shape index (κ3) is 1.87. The summed E-state index contributed by atoms with van der Waals surface area (Å²) in [7, 11) is 0. The van der Waals surface area contributed by atoms with E-state index in [2.05, 4.69) is 0 Å². The van der Waals surface area contributed by atoms with Crippen molar-refractivity contribution in [1.29, 1.82) is 0 Å². The summed E-state index contributed by atoms with van der Waals surface area (Å²) in [6.07, 6.45) is 3.48. The Morgan fingerprint density at radius 2 is 2.21 bits per heavy atom. The van der Waals surface area contributed by atoms with E-state index in [1.165, 1.54) is 12.5 Å². The van der Waals surface area contributed by atoms with Gasteiger partial charge in [-0.2, -0.15) is 0 Å². The Balaban J connectivity index is 2.09. The lowest BCUT2D eigenvalue weighted by atomic mass is 9.96. The number of halogens is 1. The van der Waals surface area contributed by atoms with Crippen LogP contribution in [0.2, 0.25) is 0 Å². The molecule has 0 heterocycles. The van der Waals surface area contributed by atoms with Crippen molar-refractivity contribution in [3.63, 3.8) is 0 Å². The second-order valence-electron chi connectivity index (χ2n) is 3.64. The van der Waals surface area contributed by atoms with Crippen molar-refractivity contribution in [3.05, 3.63) is 29.6 Å². The van der Waals surface area contributed by atoms with Gasteiger partial charge >= 0.3 is 0 Å². The van der Waals surface area contributed by atoms with Gasteiger partial charge in [-0.25, -0.2) is 4.39 Å². The number of benzene rings is 1. The van der Waals surface area contributed by atoms with Crippen LogP contribution in [-0.2, 0) is 6.54 Å². The van der Waals surface area contributed by atoms with Crippen molar-refractivity contribution in [2.75, 3.05) is 0 Å². The Hall–Kier alpha value is -1.09. The van der Waals surface area contributed by atoms with Crippen LogP contribution < -0.4 is 10.5 Å². The van der Waals surface area contributed by atoms with Crippen LogP contribution in [0.25, 0.3) is 0 Å². The lowest BCUT2D eigenvalue weighted by molar-refractivity contribution is 0.115. The molecule has 0 saturated heterocycles. The van der Waals surface area contributed by atoms with Gasteiger partial charge in [-0.1, -0.05) is 6.07 Å². The minimum atomic E-state index is -0.306. The number of ether oxygens (including phenoxy) is 1. The molecule has 0 radical (unpaired) electrons. The summed E-state index contributed by atoms with van der Waals surface area (Å²) in [6, 6.07) is 4.90. The molecule has 2 N–H and O–H groups in total. The van der Waals surface area contributed by atoms with Crippen LogP contribution in [0.3, 0.4) is 0 Å². The Morgan fingerprint density at radius 1 is 1.43 bits per heavy atom. The lowest BCUT2D eigenvalue weighted by Crippen LogP contribution is -2.25. The molecular weight excluding hydrogens is 181 g/mol. The molecule has 0 amide bonds. The van der Waals surface area contributed by atoms with Crippen LogP contribution in [0.1, 0.15) is 24.8 Å². The van der Waals surface area contributed by atoms with E-state index < -0.39 is 0 Å². The largest absolute Gasteiger partial charge is 0.487 e. The fourth-order valence-corrected chi connectivity index (χ4v) is 1.44. The zero-order valence-electron chi connectivity index (χ0n) is 8.00. The topological polar surface area (TPSA) is 35.2 Å². The first-order valence-electron chi connectivity index (χ1n) is 4.95. The van der Waals surface area contributed by atoms with Crippen molar-refractivity contribution in [3.8, 4) is 5.75 Å². The Morgan fingerprint density at radius 3 is 2.71 bits per heavy atom. The zero-order valence-corrected chi connectivity index (χ0v) is 8.00. The monoisotopic (exact) mass is 195 g/mol. The molecule has 2 nitrogen and oxygen atoms in total. The third-order valence-electron chi connectivity index (χ3n) is 2.58. The van der Waals surface area contributed by atoms with Gasteiger partial charge in [0.2, 0.25) is 0 Å². The van der Waals surface area contributed by atoms with Crippen molar-refractivity contribution in [2.24, 2.45) is 5.73 Å². The molecule has 76 valence electrons. The van der Waals surface area contributed by atoms with Crippen LogP contribution in [0.5, 0.6) is 5.75 Å². The van der Waals surface area contributed by atoms with Gasteiger partial charge < -0.3 is 10.5 Å². The van der Waals surface area contributed by atoms with Gasteiger partial charge in [0, 0.05) is 6.54 Å². The first kappa shape index (κ1) is 9.46. The van der Waals surface area contributed by atoms with Gasteiger partial charge in [0.25, 0.3) is 0 Å². The van der Waals surface area contributed by atoms with Crippen molar-refractivity contribution >= 4 is 0 Å². The van der Waals surface area contributed by atoms with E-state index in [-0.39, 0.29) is 11.9 Å². The smallest absolute Gasteiger partial charge is 0.165 e. The summed E-state index contributed by atoms with van der Waals surface area (Å²) in [5, 5.41) is 0. The van der Waals surface area contributed by atoms with E-state index >= 15 is 0 Å². The fourth-order valence-electron chi connectivity index (χ4n) is 1.44. The highest BCUT2D eigenvalue weighted by molar-refractivity contribution is 5.29. The normalized spacial score (nSPS) is 16.4.